The van der Waals surface area contributed by atoms with E-state index in [1.807, 2.05) is 6.92 Å². The van der Waals surface area contributed by atoms with Crippen LogP contribution < -0.4 is 0 Å². The molecule has 0 bridgehead atoms. The van der Waals surface area contributed by atoms with Crippen LogP contribution in [0.25, 0.3) is 0 Å². The van der Waals surface area contributed by atoms with Gasteiger partial charge in [-0.25, -0.2) is 0 Å². The molecular formula is C11H22N2O2. The average molecular weight is 214 g/mol. The molecule has 1 aliphatic heterocycles. The van der Waals surface area contributed by atoms with Crippen LogP contribution in [0, 0.1) is 0 Å². The zero-order valence-electron chi connectivity index (χ0n) is 9.94. The zero-order chi connectivity index (χ0) is 11.4. The zero-order valence-corrected chi connectivity index (χ0v) is 9.94. The van der Waals surface area contributed by atoms with Gasteiger partial charge in [-0.3, -0.25) is 14.6 Å². The Labute approximate surface area is 91.9 Å². The minimum atomic E-state index is -0.722. The Hall–Kier alpha value is -0.610. The number of aliphatic carboxylic acids is 1. The van der Waals surface area contributed by atoms with Crippen molar-refractivity contribution in [2.24, 2.45) is 0 Å². The van der Waals surface area contributed by atoms with Crippen molar-refractivity contribution in [2.45, 2.75) is 39.3 Å². The molecule has 4 heteroatoms. The third-order valence-corrected chi connectivity index (χ3v) is 3.19. The Bertz CT molecular complexity index is 219. The van der Waals surface area contributed by atoms with Gasteiger partial charge in [0, 0.05) is 25.2 Å². The minimum Gasteiger partial charge on any atom is -0.480 e. The predicted octanol–water partition coefficient (Wildman–Crippen LogP) is 0.876. The number of nitrogens with zero attached hydrogens (tertiary/aromatic N) is 2. The SMILES string of the molecule is CCN(CC(=O)O)C1CCN(C(C)C)C1. The number of carboxylic acids is 1. The largest absolute Gasteiger partial charge is 0.480 e. The first-order valence-electron chi connectivity index (χ1n) is 5.74. The van der Waals surface area contributed by atoms with Crippen LogP contribution in [0.4, 0.5) is 0 Å². The average Bonchev–Trinajstić information content (AvgIpc) is 2.62. The van der Waals surface area contributed by atoms with Crippen molar-refractivity contribution in [1.82, 2.24) is 9.80 Å². The van der Waals surface area contributed by atoms with Gasteiger partial charge in [-0.1, -0.05) is 6.92 Å². The summed E-state index contributed by atoms with van der Waals surface area (Å²) < 4.78 is 0. The highest BCUT2D eigenvalue weighted by molar-refractivity contribution is 5.69. The van der Waals surface area contributed by atoms with Crippen LogP contribution in [0.5, 0.6) is 0 Å². The number of hydrogen-bond donors (Lipinski definition) is 1. The number of carboxylic acid groups (broad SMARTS) is 1. The summed E-state index contributed by atoms with van der Waals surface area (Å²) in [7, 11) is 0. The van der Waals surface area contributed by atoms with Gasteiger partial charge in [-0.05, 0) is 26.8 Å². The van der Waals surface area contributed by atoms with E-state index in [2.05, 4.69) is 23.6 Å². The maximum atomic E-state index is 10.7. The Morgan fingerprint density at radius 3 is 2.67 bits per heavy atom. The molecule has 0 saturated carbocycles. The molecule has 1 heterocycles. The topological polar surface area (TPSA) is 43.8 Å². The van der Waals surface area contributed by atoms with Gasteiger partial charge in [0.25, 0.3) is 0 Å². The van der Waals surface area contributed by atoms with Crippen molar-refractivity contribution in [1.29, 1.82) is 0 Å². The molecular weight excluding hydrogens is 192 g/mol. The molecule has 4 nitrogen and oxygen atoms in total. The fourth-order valence-corrected chi connectivity index (χ4v) is 2.21. The summed E-state index contributed by atoms with van der Waals surface area (Å²) in [5, 5.41) is 8.80. The fourth-order valence-electron chi connectivity index (χ4n) is 2.21. The number of likely N-dealkylation sites (tertiary alicyclic amines) is 1. The molecule has 0 amide bonds. The maximum Gasteiger partial charge on any atom is 0.317 e. The van der Waals surface area contributed by atoms with Gasteiger partial charge in [0.1, 0.15) is 0 Å². The molecule has 0 aromatic rings. The quantitative estimate of drug-likeness (QED) is 0.737. The highest BCUT2D eigenvalue weighted by Crippen LogP contribution is 2.17. The van der Waals surface area contributed by atoms with E-state index in [9.17, 15) is 4.79 Å². The van der Waals surface area contributed by atoms with Crippen molar-refractivity contribution in [3.05, 3.63) is 0 Å². The number of likely N-dealkylation sites (N-methyl/N-ethyl adjacent to an activating group) is 1. The van der Waals surface area contributed by atoms with Crippen LogP contribution in [0.1, 0.15) is 27.2 Å². The third-order valence-electron chi connectivity index (χ3n) is 3.19. The standard InChI is InChI=1S/C11H22N2O2/c1-4-12(8-11(14)15)10-5-6-13(7-10)9(2)3/h9-10H,4-8H2,1-3H3,(H,14,15). The van der Waals surface area contributed by atoms with E-state index < -0.39 is 5.97 Å². The van der Waals surface area contributed by atoms with Crippen molar-refractivity contribution in [3.8, 4) is 0 Å². The van der Waals surface area contributed by atoms with E-state index in [1.165, 1.54) is 0 Å². The summed E-state index contributed by atoms with van der Waals surface area (Å²) in [6.45, 7) is 9.51. The normalized spacial score (nSPS) is 22.9. The van der Waals surface area contributed by atoms with Gasteiger partial charge in [-0.15, -0.1) is 0 Å². The summed E-state index contributed by atoms with van der Waals surface area (Å²) in [6.07, 6.45) is 1.10. The first-order valence-corrected chi connectivity index (χ1v) is 5.74. The van der Waals surface area contributed by atoms with E-state index in [1.54, 1.807) is 0 Å². The third kappa shape index (κ3) is 3.47. The van der Waals surface area contributed by atoms with Crippen LogP contribution in [0.2, 0.25) is 0 Å². The summed E-state index contributed by atoms with van der Waals surface area (Å²) >= 11 is 0. The molecule has 1 N–H and O–H groups in total. The van der Waals surface area contributed by atoms with Gasteiger partial charge in [0.2, 0.25) is 0 Å². The summed E-state index contributed by atoms with van der Waals surface area (Å²) in [6, 6.07) is 0.993. The van der Waals surface area contributed by atoms with Crippen LogP contribution in [-0.2, 0) is 4.79 Å². The lowest BCUT2D eigenvalue weighted by Gasteiger charge is -2.27. The molecule has 0 aliphatic carbocycles. The molecule has 1 saturated heterocycles. The van der Waals surface area contributed by atoms with E-state index in [-0.39, 0.29) is 6.54 Å². The summed E-state index contributed by atoms with van der Waals surface area (Å²) in [5.74, 6) is -0.722. The Balaban J connectivity index is 2.46. The van der Waals surface area contributed by atoms with E-state index in [4.69, 9.17) is 5.11 Å². The van der Waals surface area contributed by atoms with Gasteiger partial charge < -0.3 is 5.11 Å². The van der Waals surface area contributed by atoms with Crippen molar-refractivity contribution in [2.75, 3.05) is 26.2 Å². The molecule has 1 unspecified atom stereocenters. The highest BCUT2D eigenvalue weighted by Gasteiger charge is 2.28. The number of hydrogen-bond acceptors (Lipinski definition) is 3. The Morgan fingerprint density at radius 2 is 2.27 bits per heavy atom. The monoisotopic (exact) mass is 214 g/mol. The van der Waals surface area contributed by atoms with E-state index in [0.717, 1.165) is 26.1 Å². The molecule has 0 aromatic carbocycles. The second-order valence-electron chi connectivity index (χ2n) is 4.49. The first kappa shape index (κ1) is 12.5. The second-order valence-corrected chi connectivity index (χ2v) is 4.49. The fraction of sp³-hybridized carbons (Fsp3) is 0.909. The lowest BCUT2D eigenvalue weighted by atomic mass is 10.2. The second kappa shape index (κ2) is 5.47. The van der Waals surface area contributed by atoms with Crippen LogP contribution >= 0.6 is 0 Å². The molecule has 1 aliphatic rings. The van der Waals surface area contributed by atoms with Crippen molar-refractivity contribution in [3.63, 3.8) is 0 Å². The Kier molecular flexibility index (Phi) is 4.54. The highest BCUT2D eigenvalue weighted by atomic mass is 16.4. The maximum absolute atomic E-state index is 10.7. The van der Waals surface area contributed by atoms with Crippen molar-refractivity contribution < 1.29 is 9.90 Å². The molecule has 1 atom stereocenters. The van der Waals surface area contributed by atoms with Gasteiger partial charge in [0.15, 0.2) is 0 Å². The first-order chi connectivity index (χ1) is 7.04. The van der Waals surface area contributed by atoms with Crippen LogP contribution in [0.3, 0.4) is 0 Å². The van der Waals surface area contributed by atoms with Gasteiger partial charge in [-0.2, -0.15) is 0 Å². The molecule has 0 spiro atoms. The minimum absolute atomic E-state index is 0.174. The predicted molar refractivity (Wildman–Crippen MR) is 60.0 cm³/mol. The Morgan fingerprint density at radius 1 is 1.60 bits per heavy atom. The molecule has 88 valence electrons. The lowest BCUT2D eigenvalue weighted by molar-refractivity contribution is -0.138. The van der Waals surface area contributed by atoms with Gasteiger partial charge in [0.05, 0.1) is 6.54 Å². The van der Waals surface area contributed by atoms with Crippen LogP contribution in [-0.4, -0.2) is 59.1 Å². The van der Waals surface area contributed by atoms with Crippen molar-refractivity contribution >= 4 is 5.97 Å². The molecule has 1 rings (SSSR count). The summed E-state index contributed by atoms with van der Waals surface area (Å²) in [4.78, 5) is 15.2. The number of rotatable bonds is 5. The molecule has 15 heavy (non-hydrogen) atoms. The number of carbonyl (C=O) groups is 1. The molecule has 0 radical (unpaired) electrons. The lowest BCUT2D eigenvalue weighted by Crippen LogP contribution is -2.41. The van der Waals surface area contributed by atoms with E-state index >= 15 is 0 Å². The smallest absolute Gasteiger partial charge is 0.317 e. The van der Waals surface area contributed by atoms with Gasteiger partial charge >= 0.3 is 5.97 Å². The van der Waals surface area contributed by atoms with E-state index in [0.29, 0.717) is 12.1 Å². The molecule has 1 fully saturated rings. The van der Waals surface area contributed by atoms with Crippen LogP contribution in [0.15, 0.2) is 0 Å². The summed E-state index contributed by atoms with van der Waals surface area (Å²) in [5.41, 5.74) is 0. The molecule has 0 aromatic heterocycles.